The number of allylic oxidation sites excluding steroid dienone is 2. The second-order valence-corrected chi connectivity index (χ2v) is 10.5. The van der Waals surface area contributed by atoms with Gasteiger partial charge in [0.1, 0.15) is 18.0 Å². The number of carboxylic acid groups (broad SMARTS) is 1. The summed E-state index contributed by atoms with van der Waals surface area (Å²) < 4.78 is 46.6. The minimum atomic E-state index is -1.82. The highest BCUT2D eigenvalue weighted by atomic mass is 19.1. The monoisotopic (exact) mass is 573 g/mol. The Morgan fingerprint density at radius 1 is 0.929 bits per heavy atom. The lowest BCUT2D eigenvalue weighted by Crippen LogP contribution is -2.38. The van der Waals surface area contributed by atoms with Crippen LogP contribution in [0.5, 0.6) is 5.75 Å². The van der Waals surface area contributed by atoms with E-state index in [1.54, 1.807) is 31.2 Å². The third-order valence-electron chi connectivity index (χ3n) is 7.06. The molecule has 5 rings (SSSR count). The standard InChI is InChI=1S/C33H29F2NO6/c1-19(20-9-5-4-6-10-20)40-32(39)36-28-24-11-7-8-12-27(24)41-29(28)22-15-13-21(14-16-22)23-17-25(34)30(26(35)18-23)42-33(2,3)31(37)38/h4-19,24,27H,1-3H3,(H,36,39)(H,37,38)/t19-,24?,27?/m1/s1. The van der Waals surface area contributed by atoms with Gasteiger partial charge in [-0.15, -0.1) is 0 Å². The molecule has 0 aromatic heterocycles. The van der Waals surface area contributed by atoms with E-state index in [0.717, 1.165) is 17.7 Å². The molecule has 3 atom stereocenters. The number of carbonyl (C=O) groups excluding carboxylic acids is 1. The highest BCUT2D eigenvalue weighted by Crippen LogP contribution is 2.39. The van der Waals surface area contributed by atoms with Gasteiger partial charge < -0.3 is 19.3 Å². The molecule has 2 N–H and O–H groups in total. The molecule has 1 aliphatic heterocycles. The number of alkyl carbamates (subject to hydrolysis) is 1. The maximum Gasteiger partial charge on any atom is 0.412 e. The molecular formula is C33H29F2NO6. The van der Waals surface area contributed by atoms with Gasteiger partial charge in [0.25, 0.3) is 0 Å². The van der Waals surface area contributed by atoms with Crippen molar-refractivity contribution in [3.63, 3.8) is 0 Å². The number of hydrogen-bond acceptors (Lipinski definition) is 5. The number of amides is 1. The van der Waals surface area contributed by atoms with Crippen LogP contribution >= 0.6 is 0 Å². The van der Waals surface area contributed by atoms with Gasteiger partial charge in [-0.05, 0) is 55.7 Å². The summed E-state index contributed by atoms with van der Waals surface area (Å²) in [5.74, 6) is -3.96. The quantitative estimate of drug-likeness (QED) is 0.297. The van der Waals surface area contributed by atoms with E-state index in [0.29, 0.717) is 22.6 Å². The molecule has 1 heterocycles. The van der Waals surface area contributed by atoms with Crippen LogP contribution in [0.1, 0.15) is 38.0 Å². The second-order valence-electron chi connectivity index (χ2n) is 10.5. The average molecular weight is 574 g/mol. The Bertz CT molecular complexity index is 1570. The molecule has 2 aliphatic rings. The number of nitrogens with one attached hydrogen (secondary N) is 1. The first kappa shape index (κ1) is 28.6. The lowest BCUT2D eigenvalue weighted by Gasteiger charge is -2.22. The van der Waals surface area contributed by atoms with Crippen LogP contribution in [0.15, 0.2) is 96.7 Å². The predicted molar refractivity (Wildman–Crippen MR) is 152 cm³/mol. The average Bonchev–Trinajstić information content (AvgIpc) is 3.33. The maximum atomic E-state index is 14.8. The van der Waals surface area contributed by atoms with Crippen molar-refractivity contribution >= 4 is 17.8 Å². The number of rotatable bonds is 8. The van der Waals surface area contributed by atoms with Gasteiger partial charge in [-0.3, -0.25) is 5.32 Å². The Hall–Kier alpha value is -4.92. The van der Waals surface area contributed by atoms with Crippen LogP contribution in [0.4, 0.5) is 13.6 Å². The van der Waals surface area contributed by atoms with Gasteiger partial charge in [-0.2, -0.15) is 0 Å². The molecule has 42 heavy (non-hydrogen) atoms. The number of carboxylic acids is 1. The van der Waals surface area contributed by atoms with Crippen molar-refractivity contribution in [3.8, 4) is 16.9 Å². The maximum absolute atomic E-state index is 14.8. The predicted octanol–water partition coefficient (Wildman–Crippen LogP) is 7.17. The van der Waals surface area contributed by atoms with E-state index in [9.17, 15) is 23.5 Å². The van der Waals surface area contributed by atoms with Gasteiger partial charge in [-0.1, -0.05) is 72.8 Å². The summed E-state index contributed by atoms with van der Waals surface area (Å²) in [6.45, 7) is 4.20. The molecule has 9 heteroatoms. The summed E-state index contributed by atoms with van der Waals surface area (Å²) in [6, 6.07) is 18.3. The molecule has 7 nitrogen and oxygen atoms in total. The minimum absolute atomic E-state index is 0.231. The van der Waals surface area contributed by atoms with E-state index in [4.69, 9.17) is 14.2 Å². The Kier molecular flexibility index (Phi) is 7.85. The van der Waals surface area contributed by atoms with Crippen LogP contribution in [-0.4, -0.2) is 28.9 Å². The summed E-state index contributed by atoms with van der Waals surface area (Å²) in [4.78, 5) is 24.2. The second kappa shape index (κ2) is 11.5. The first-order chi connectivity index (χ1) is 20.0. The normalized spacial score (nSPS) is 18.2. The molecule has 1 aliphatic carbocycles. The number of benzene rings is 3. The van der Waals surface area contributed by atoms with Crippen molar-refractivity contribution in [2.45, 2.75) is 38.6 Å². The Balaban J connectivity index is 1.39. The molecule has 3 aromatic rings. The van der Waals surface area contributed by atoms with Gasteiger partial charge in [0.05, 0.1) is 11.6 Å². The minimum Gasteiger partial charge on any atom is -0.483 e. The van der Waals surface area contributed by atoms with Crippen LogP contribution in [0.25, 0.3) is 16.9 Å². The van der Waals surface area contributed by atoms with Crippen LogP contribution in [0.3, 0.4) is 0 Å². The fraction of sp³-hybridized carbons (Fsp3) is 0.212. The Morgan fingerprint density at radius 3 is 2.19 bits per heavy atom. The summed E-state index contributed by atoms with van der Waals surface area (Å²) in [5.41, 5.74) is 0.955. The smallest absolute Gasteiger partial charge is 0.412 e. The molecule has 0 fully saturated rings. The lowest BCUT2D eigenvalue weighted by atomic mass is 9.94. The number of hydrogen-bond donors (Lipinski definition) is 2. The third kappa shape index (κ3) is 5.90. The van der Waals surface area contributed by atoms with Crippen LogP contribution in [0.2, 0.25) is 0 Å². The van der Waals surface area contributed by atoms with Crippen LogP contribution in [-0.2, 0) is 14.3 Å². The zero-order valence-electron chi connectivity index (χ0n) is 23.1. The van der Waals surface area contributed by atoms with E-state index in [1.165, 1.54) is 13.8 Å². The van der Waals surface area contributed by atoms with E-state index >= 15 is 0 Å². The largest absolute Gasteiger partial charge is 0.483 e. The molecule has 1 amide bonds. The number of aliphatic carboxylic acids is 1. The van der Waals surface area contributed by atoms with Gasteiger partial charge in [0, 0.05) is 5.56 Å². The van der Waals surface area contributed by atoms with Gasteiger partial charge >= 0.3 is 12.1 Å². The number of ether oxygens (including phenoxy) is 3. The first-order valence-corrected chi connectivity index (χ1v) is 13.3. The zero-order chi connectivity index (χ0) is 30.0. The van der Waals surface area contributed by atoms with Crippen LogP contribution < -0.4 is 10.1 Å². The molecule has 0 spiro atoms. The summed E-state index contributed by atoms with van der Waals surface area (Å²) in [5, 5.41) is 12.1. The van der Waals surface area contributed by atoms with Crippen molar-refractivity contribution in [1.29, 1.82) is 0 Å². The number of halogens is 2. The van der Waals surface area contributed by atoms with Crippen molar-refractivity contribution < 1.29 is 37.7 Å². The zero-order valence-corrected chi connectivity index (χ0v) is 23.1. The molecule has 2 unspecified atom stereocenters. The topological polar surface area (TPSA) is 94.1 Å². The number of fused-ring (bicyclic) bond motifs is 1. The first-order valence-electron chi connectivity index (χ1n) is 13.3. The molecule has 0 bridgehead atoms. The van der Waals surface area contributed by atoms with Gasteiger partial charge in [0.2, 0.25) is 0 Å². The van der Waals surface area contributed by atoms with Crippen molar-refractivity contribution in [1.82, 2.24) is 5.32 Å². The molecule has 0 saturated carbocycles. The summed E-state index contributed by atoms with van der Waals surface area (Å²) >= 11 is 0. The Labute approximate surface area is 241 Å². The highest BCUT2D eigenvalue weighted by Gasteiger charge is 2.37. The fourth-order valence-corrected chi connectivity index (χ4v) is 4.70. The highest BCUT2D eigenvalue weighted by molar-refractivity contribution is 5.78. The molecular weight excluding hydrogens is 544 g/mol. The third-order valence-corrected chi connectivity index (χ3v) is 7.06. The van der Waals surface area contributed by atoms with Crippen molar-refractivity contribution in [2.75, 3.05) is 0 Å². The lowest BCUT2D eigenvalue weighted by molar-refractivity contribution is -0.152. The van der Waals surface area contributed by atoms with Crippen molar-refractivity contribution in [2.24, 2.45) is 5.92 Å². The summed E-state index contributed by atoms with van der Waals surface area (Å²) in [6.07, 6.45) is 6.16. The molecule has 3 aromatic carbocycles. The summed E-state index contributed by atoms with van der Waals surface area (Å²) in [7, 11) is 0. The van der Waals surface area contributed by atoms with E-state index in [1.807, 2.05) is 54.6 Å². The van der Waals surface area contributed by atoms with E-state index in [2.05, 4.69) is 5.32 Å². The molecule has 216 valence electrons. The molecule has 0 saturated heterocycles. The van der Waals surface area contributed by atoms with E-state index in [-0.39, 0.29) is 17.6 Å². The molecule has 0 radical (unpaired) electrons. The van der Waals surface area contributed by atoms with Crippen LogP contribution in [0, 0.1) is 17.6 Å². The van der Waals surface area contributed by atoms with E-state index < -0.39 is 41.2 Å². The SMILES string of the molecule is C[C@@H](OC(=O)NC1=C(c2ccc(-c3cc(F)c(OC(C)(C)C(=O)O)c(F)c3)cc2)OC2C=CC=CC12)c1ccccc1. The fourth-order valence-electron chi connectivity index (χ4n) is 4.70. The number of carbonyl (C=O) groups is 2. The van der Waals surface area contributed by atoms with Gasteiger partial charge in [0.15, 0.2) is 23.0 Å². The van der Waals surface area contributed by atoms with Gasteiger partial charge in [-0.25, -0.2) is 18.4 Å². The Morgan fingerprint density at radius 2 is 1.55 bits per heavy atom. The van der Waals surface area contributed by atoms with Crippen molar-refractivity contribution in [3.05, 3.63) is 119 Å².